The fraction of sp³-hybridized carbons (Fsp3) is 0.455. The molecule has 30 heavy (non-hydrogen) atoms. The van der Waals surface area contributed by atoms with E-state index in [2.05, 4.69) is 4.98 Å². The summed E-state index contributed by atoms with van der Waals surface area (Å²) in [4.78, 5) is 18.3. The Labute approximate surface area is 179 Å². The number of hydrogen-bond donors (Lipinski definition) is 0. The summed E-state index contributed by atoms with van der Waals surface area (Å²) in [5, 5.41) is -0.0928. The van der Waals surface area contributed by atoms with Crippen LogP contribution in [-0.4, -0.2) is 48.3 Å². The van der Waals surface area contributed by atoms with E-state index in [1.54, 1.807) is 30.3 Å². The molecular formula is C22H25ClF2N2O3. The van der Waals surface area contributed by atoms with Gasteiger partial charge in [-0.1, -0.05) is 11.6 Å². The standard InChI is InChI=1S/C22H25ClF2N2O3/c1-29-17-5-7-20(26-15-17)30-13-3-2-8-22(25)9-11-27(12-10-22)21(28)16-4-6-19(24)18(23)14-16/h4-7,14-15H,2-3,8-13H2,1H3. The lowest BCUT2D eigenvalue weighted by atomic mass is 9.88. The van der Waals surface area contributed by atoms with Crippen molar-refractivity contribution < 1.29 is 23.0 Å². The summed E-state index contributed by atoms with van der Waals surface area (Å²) in [5.74, 6) is 0.355. The van der Waals surface area contributed by atoms with Crippen LogP contribution in [0.5, 0.6) is 11.6 Å². The highest BCUT2D eigenvalue weighted by Gasteiger charge is 2.35. The minimum Gasteiger partial charge on any atom is -0.495 e. The molecule has 1 amide bonds. The van der Waals surface area contributed by atoms with Gasteiger partial charge in [-0.3, -0.25) is 4.79 Å². The van der Waals surface area contributed by atoms with Gasteiger partial charge in [-0.05, 0) is 56.4 Å². The number of rotatable bonds is 8. The number of aromatic nitrogens is 1. The molecule has 0 unspecified atom stereocenters. The molecule has 1 aliphatic rings. The van der Waals surface area contributed by atoms with Gasteiger partial charge in [-0.2, -0.15) is 0 Å². The Kier molecular flexibility index (Phi) is 7.48. The normalized spacial score (nSPS) is 15.7. The molecule has 0 spiro atoms. The minimum absolute atomic E-state index is 0.0928. The number of piperidine rings is 1. The van der Waals surface area contributed by atoms with E-state index in [0.717, 1.165) is 6.42 Å². The Morgan fingerprint density at radius 2 is 2.00 bits per heavy atom. The maximum Gasteiger partial charge on any atom is 0.253 e. The van der Waals surface area contributed by atoms with Gasteiger partial charge in [0, 0.05) is 24.7 Å². The van der Waals surface area contributed by atoms with Gasteiger partial charge in [-0.25, -0.2) is 13.8 Å². The molecule has 2 aromatic rings. The molecule has 1 aliphatic heterocycles. The van der Waals surface area contributed by atoms with Gasteiger partial charge in [-0.15, -0.1) is 0 Å². The molecule has 0 saturated carbocycles. The first-order valence-electron chi connectivity index (χ1n) is 9.96. The first kappa shape index (κ1) is 22.3. The molecule has 1 aromatic carbocycles. The third-order valence-corrected chi connectivity index (χ3v) is 5.62. The topological polar surface area (TPSA) is 51.7 Å². The van der Waals surface area contributed by atoms with Crippen LogP contribution in [0.3, 0.4) is 0 Å². The Hall–Kier alpha value is -2.41. The molecule has 1 fully saturated rings. The third kappa shape index (κ3) is 5.81. The second kappa shape index (κ2) is 10.1. The number of nitrogens with zero attached hydrogens (tertiary/aromatic N) is 2. The van der Waals surface area contributed by atoms with Crippen molar-refractivity contribution in [1.29, 1.82) is 0 Å². The SMILES string of the molecule is COc1ccc(OCCCCC2(F)CCN(C(=O)c3ccc(F)c(Cl)c3)CC2)nc1. The molecule has 0 atom stereocenters. The number of hydrogen-bond acceptors (Lipinski definition) is 4. The van der Waals surface area contributed by atoms with Crippen LogP contribution in [-0.2, 0) is 0 Å². The number of unbranched alkanes of at least 4 members (excludes halogenated alkanes) is 1. The van der Waals surface area contributed by atoms with Gasteiger partial charge in [0.05, 0.1) is 24.9 Å². The highest BCUT2D eigenvalue weighted by Crippen LogP contribution is 2.32. The monoisotopic (exact) mass is 438 g/mol. The molecular weight excluding hydrogens is 414 g/mol. The summed E-state index contributed by atoms with van der Waals surface area (Å²) in [7, 11) is 1.57. The maximum absolute atomic E-state index is 15.1. The number of ether oxygens (including phenoxy) is 2. The number of benzene rings is 1. The highest BCUT2D eigenvalue weighted by molar-refractivity contribution is 6.31. The zero-order valence-corrected chi connectivity index (χ0v) is 17.6. The first-order valence-corrected chi connectivity index (χ1v) is 10.3. The van der Waals surface area contributed by atoms with E-state index in [4.69, 9.17) is 21.1 Å². The molecule has 1 saturated heterocycles. The molecule has 0 N–H and O–H groups in total. The second-order valence-electron chi connectivity index (χ2n) is 7.41. The van der Waals surface area contributed by atoms with Crippen molar-refractivity contribution in [3.8, 4) is 11.6 Å². The molecule has 0 aliphatic carbocycles. The van der Waals surface area contributed by atoms with Crippen LogP contribution in [0.4, 0.5) is 8.78 Å². The molecule has 2 heterocycles. The molecule has 0 bridgehead atoms. The lowest BCUT2D eigenvalue weighted by Crippen LogP contribution is -2.44. The zero-order valence-electron chi connectivity index (χ0n) is 16.9. The first-order chi connectivity index (χ1) is 14.4. The van der Waals surface area contributed by atoms with Crippen LogP contribution in [0.2, 0.25) is 5.02 Å². The third-order valence-electron chi connectivity index (χ3n) is 5.33. The summed E-state index contributed by atoms with van der Waals surface area (Å²) in [6.07, 6.45) is 3.99. The summed E-state index contributed by atoms with van der Waals surface area (Å²) in [6, 6.07) is 7.39. The number of carbonyl (C=O) groups is 1. The number of methoxy groups -OCH3 is 1. The van der Waals surface area contributed by atoms with E-state index >= 15 is 4.39 Å². The van der Waals surface area contributed by atoms with Gasteiger partial charge >= 0.3 is 0 Å². The number of amides is 1. The quantitative estimate of drug-likeness (QED) is 0.539. The molecule has 162 valence electrons. The predicted octanol–water partition coefficient (Wildman–Crippen LogP) is 5.08. The molecule has 1 aromatic heterocycles. The van der Waals surface area contributed by atoms with Crippen LogP contribution in [0.1, 0.15) is 42.5 Å². The second-order valence-corrected chi connectivity index (χ2v) is 7.82. The van der Waals surface area contributed by atoms with Gasteiger partial charge in [0.2, 0.25) is 5.88 Å². The summed E-state index contributed by atoms with van der Waals surface area (Å²) in [5.41, 5.74) is -0.965. The molecule has 3 rings (SSSR count). The lowest BCUT2D eigenvalue weighted by Gasteiger charge is -2.36. The van der Waals surface area contributed by atoms with E-state index in [1.165, 1.54) is 18.2 Å². The van der Waals surface area contributed by atoms with E-state index in [-0.39, 0.29) is 23.8 Å². The summed E-state index contributed by atoms with van der Waals surface area (Å²) in [6.45, 7) is 1.12. The predicted molar refractivity (Wildman–Crippen MR) is 111 cm³/mol. The van der Waals surface area contributed by atoms with Crippen LogP contribution in [0, 0.1) is 5.82 Å². The maximum atomic E-state index is 15.1. The van der Waals surface area contributed by atoms with Crippen LogP contribution in [0.25, 0.3) is 0 Å². The fourth-order valence-corrected chi connectivity index (χ4v) is 3.65. The van der Waals surface area contributed by atoms with Crippen molar-refractivity contribution in [2.45, 2.75) is 37.8 Å². The Balaban J connectivity index is 1.38. The largest absolute Gasteiger partial charge is 0.495 e. The van der Waals surface area contributed by atoms with Crippen LogP contribution >= 0.6 is 11.6 Å². The minimum atomic E-state index is -1.28. The fourth-order valence-electron chi connectivity index (χ4n) is 3.47. The van der Waals surface area contributed by atoms with Crippen molar-refractivity contribution >= 4 is 17.5 Å². The van der Waals surface area contributed by atoms with Crippen LogP contribution < -0.4 is 9.47 Å². The van der Waals surface area contributed by atoms with Crippen molar-refractivity contribution in [3.05, 3.63) is 52.9 Å². The molecule has 0 radical (unpaired) electrons. The number of likely N-dealkylation sites (tertiary alicyclic amines) is 1. The van der Waals surface area contributed by atoms with Gasteiger partial charge < -0.3 is 14.4 Å². The van der Waals surface area contributed by atoms with E-state index in [9.17, 15) is 9.18 Å². The smallest absolute Gasteiger partial charge is 0.253 e. The summed E-state index contributed by atoms with van der Waals surface area (Å²) < 4.78 is 39.0. The van der Waals surface area contributed by atoms with Crippen molar-refractivity contribution in [2.24, 2.45) is 0 Å². The van der Waals surface area contributed by atoms with Crippen molar-refractivity contribution in [1.82, 2.24) is 9.88 Å². The Morgan fingerprint density at radius 1 is 1.23 bits per heavy atom. The Morgan fingerprint density at radius 3 is 2.63 bits per heavy atom. The van der Waals surface area contributed by atoms with Gasteiger partial charge in [0.25, 0.3) is 5.91 Å². The molecule has 8 heteroatoms. The van der Waals surface area contributed by atoms with E-state index in [1.807, 2.05) is 0 Å². The number of pyridine rings is 1. The van der Waals surface area contributed by atoms with Crippen LogP contribution in [0.15, 0.2) is 36.5 Å². The number of alkyl halides is 1. The van der Waals surface area contributed by atoms with Crippen molar-refractivity contribution in [2.75, 3.05) is 26.8 Å². The highest BCUT2D eigenvalue weighted by atomic mass is 35.5. The van der Waals surface area contributed by atoms with Gasteiger partial charge in [0.1, 0.15) is 17.2 Å². The average molecular weight is 439 g/mol. The molecule has 5 nitrogen and oxygen atoms in total. The number of carbonyl (C=O) groups excluding carboxylic acids is 1. The zero-order chi connectivity index (χ0) is 21.6. The van der Waals surface area contributed by atoms with E-state index < -0.39 is 11.5 Å². The average Bonchev–Trinajstić information content (AvgIpc) is 2.76. The van der Waals surface area contributed by atoms with E-state index in [0.29, 0.717) is 49.7 Å². The number of halogens is 3. The lowest BCUT2D eigenvalue weighted by molar-refractivity contribution is 0.0382. The Bertz CT molecular complexity index is 856. The van der Waals surface area contributed by atoms with Gasteiger partial charge in [0.15, 0.2) is 0 Å². The van der Waals surface area contributed by atoms with Crippen molar-refractivity contribution in [3.63, 3.8) is 0 Å². The summed E-state index contributed by atoms with van der Waals surface area (Å²) >= 11 is 5.75.